The second kappa shape index (κ2) is 1.71. The molecule has 2 bridgehead atoms. The summed E-state index contributed by atoms with van der Waals surface area (Å²) in [6.45, 7) is 0. The topological polar surface area (TPSA) is 52.6 Å². The molecular weight excluding hydrogens is 160 g/mol. The van der Waals surface area contributed by atoms with E-state index in [1.165, 1.54) is 0 Å². The Balaban J connectivity index is 2.11. The van der Waals surface area contributed by atoms with Gasteiger partial charge in [0.2, 0.25) is 0 Å². The maximum atomic E-state index is 11.1. The predicted molar refractivity (Wildman–Crippen MR) is 35.7 cm³/mol. The van der Waals surface area contributed by atoms with E-state index in [9.17, 15) is 9.59 Å². The van der Waals surface area contributed by atoms with Crippen molar-refractivity contribution in [3.63, 3.8) is 0 Å². The van der Waals surface area contributed by atoms with E-state index in [1.54, 1.807) is 0 Å². The van der Waals surface area contributed by atoms with Gasteiger partial charge in [0.1, 0.15) is 23.7 Å². The van der Waals surface area contributed by atoms with Crippen molar-refractivity contribution in [1.82, 2.24) is 0 Å². The van der Waals surface area contributed by atoms with Crippen LogP contribution in [0.1, 0.15) is 6.42 Å². The Labute approximate surface area is 68.1 Å². The van der Waals surface area contributed by atoms with Crippen molar-refractivity contribution < 1.29 is 19.1 Å². The smallest absolute Gasteiger partial charge is 0.325 e. The summed E-state index contributed by atoms with van der Waals surface area (Å²) in [5.74, 6) is -0.994. The van der Waals surface area contributed by atoms with E-state index in [0.29, 0.717) is 5.76 Å². The molecular formula is C8H6O4. The summed E-state index contributed by atoms with van der Waals surface area (Å²) >= 11 is 0. The van der Waals surface area contributed by atoms with Gasteiger partial charge in [-0.3, -0.25) is 9.59 Å². The van der Waals surface area contributed by atoms with E-state index in [-0.39, 0.29) is 12.0 Å². The van der Waals surface area contributed by atoms with E-state index in [2.05, 4.69) is 4.74 Å². The summed E-state index contributed by atoms with van der Waals surface area (Å²) in [6.07, 6.45) is 2.47. The van der Waals surface area contributed by atoms with Crippen molar-refractivity contribution in [3.8, 4) is 0 Å². The van der Waals surface area contributed by atoms with Crippen LogP contribution in [-0.2, 0) is 19.1 Å². The first kappa shape index (κ1) is 6.22. The van der Waals surface area contributed by atoms with Gasteiger partial charge in [-0.25, -0.2) is 0 Å². The number of carbonyl (C=O) groups is 2. The molecule has 0 N–H and O–H groups in total. The molecule has 3 unspecified atom stereocenters. The molecule has 0 radical (unpaired) electrons. The number of carbonyl (C=O) groups excluding carboxylic acids is 2. The molecule has 0 aromatic rings. The first-order valence-electron chi connectivity index (χ1n) is 3.89. The molecule has 0 amide bonds. The molecule has 4 nitrogen and oxygen atoms in total. The lowest BCUT2D eigenvalue weighted by molar-refractivity contribution is -0.155. The number of hydrogen-bond donors (Lipinski definition) is 0. The highest BCUT2D eigenvalue weighted by atomic mass is 16.6. The average Bonchev–Trinajstić information content (AvgIpc) is 2.64. The predicted octanol–water partition coefficient (Wildman–Crippen LogP) is -0.0114. The van der Waals surface area contributed by atoms with Gasteiger partial charge in [0.05, 0.1) is 0 Å². The molecule has 0 saturated carbocycles. The number of hydrogen-bond acceptors (Lipinski definition) is 4. The van der Waals surface area contributed by atoms with Gasteiger partial charge >= 0.3 is 11.9 Å². The highest BCUT2D eigenvalue weighted by molar-refractivity contribution is 5.99. The SMILES string of the molecule is O=C1OC(=O)C2C3CC=C(O3)C12. The van der Waals surface area contributed by atoms with Gasteiger partial charge in [-0.05, 0) is 6.08 Å². The maximum absolute atomic E-state index is 11.1. The molecule has 4 heteroatoms. The molecule has 3 atom stereocenters. The lowest BCUT2D eigenvalue weighted by atomic mass is 9.86. The minimum absolute atomic E-state index is 0.135. The van der Waals surface area contributed by atoms with E-state index in [0.717, 1.165) is 6.42 Å². The first-order chi connectivity index (χ1) is 5.77. The van der Waals surface area contributed by atoms with Gasteiger partial charge < -0.3 is 9.47 Å². The molecule has 2 saturated heterocycles. The minimum Gasteiger partial charge on any atom is -0.493 e. The highest BCUT2D eigenvalue weighted by Gasteiger charge is 2.58. The summed E-state index contributed by atoms with van der Waals surface area (Å²) < 4.78 is 9.83. The van der Waals surface area contributed by atoms with Crippen LogP contribution < -0.4 is 0 Å². The molecule has 3 heterocycles. The third-order valence-electron chi connectivity index (χ3n) is 2.63. The fourth-order valence-electron chi connectivity index (χ4n) is 2.10. The Morgan fingerprint density at radius 3 is 2.92 bits per heavy atom. The molecule has 0 aliphatic carbocycles. The monoisotopic (exact) mass is 166 g/mol. The van der Waals surface area contributed by atoms with Crippen molar-refractivity contribution >= 4 is 11.9 Å². The van der Waals surface area contributed by atoms with Gasteiger partial charge in [0.15, 0.2) is 0 Å². The molecule has 0 aromatic heterocycles. The Hall–Kier alpha value is -1.32. The highest BCUT2D eigenvalue weighted by Crippen LogP contribution is 2.46. The number of ether oxygens (including phenoxy) is 2. The zero-order chi connectivity index (χ0) is 8.29. The quantitative estimate of drug-likeness (QED) is 0.375. The first-order valence-corrected chi connectivity index (χ1v) is 3.89. The van der Waals surface area contributed by atoms with Gasteiger partial charge in [0, 0.05) is 6.42 Å². The second-order valence-corrected chi connectivity index (χ2v) is 3.24. The summed E-state index contributed by atoms with van der Waals surface area (Å²) in [4.78, 5) is 22.2. The van der Waals surface area contributed by atoms with Crippen LogP contribution in [0.15, 0.2) is 11.8 Å². The Morgan fingerprint density at radius 2 is 2.17 bits per heavy atom. The van der Waals surface area contributed by atoms with Crippen LogP contribution in [-0.4, -0.2) is 18.0 Å². The van der Waals surface area contributed by atoms with E-state index in [4.69, 9.17) is 4.74 Å². The van der Waals surface area contributed by atoms with Crippen molar-refractivity contribution in [1.29, 1.82) is 0 Å². The summed E-state index contributed by atoms with van der Waals surface area (Å²) in [6, 6.07) is 0. The molecule has 0 aromatic carbocycles. The lowest BCUT2D eigenvalue weighted by Gasteiger charge is -2.07. The molecule has 3 aliphatic heterocycles. The van der Waals surface area contributed by atoms with Gasteiger partial charge in [-0.15, -0.1) is 0 Å². The van der Waals surface area contributed by atoms with Gasteiger partial charge in [-0.1, -0.05) is 0 Å². The van der Waals surface area contributed by atoms with Crippen molar-refractivity contribution in [2.24, 2.45) is 11.8 Å². The number of fused-ring (bicyclic) bond motifs is 5. The van der Waals surface area contributed by atoms with Crippen LogP contribution in [0.4, 0.5) is 0 Å². The minimum atomic E-state index is -0.446. The lowest BCUT2D eigenvalue weighted by Crippen LogP contribution is -2.24. The standard InChI is InChI=1S/C8H6O4/c9-7-5-3-1-2-4(11-3)6(5)8(10)12-7/h1,4-6H,2H2. The maximum Gasteiger partial charge on any atom is 0.325 e. The average molecular weight is 166 g/mol. The summed E-state index contributed by atoms with van der Waals surface area (Å²) in [5, 5.41) is 0. The van der Waals surface area contributed by atoms with Crippen LogP contribution >= 0.6 is 0 Å². The molecule has 3 aliphatic rings. The molecule has 3 rings (SSSR count). The fraction of sp³-hybridized carbons (Fsp3) is 0.500. The van der Waals surface area contributed by atoms with Crippen molar-refractivity contribution in [2.75, 3.05) is 0 Å². The number of rotatable bonds is 0. The zero-order valence-corrected chi connectivity index (χ0v) is 6.15. The number of esters is 2. The van der Waals surface area contributed by atoms with E-state index < -0.39 is 17.9 Å². The fourth-order valence-corrected chi connectivity index (χ4v) is 2.10. The second-order valence-electron chi connectivity index (χ2n) is 3.24. The third kappa shape index (κ3) is 0.510. The Morgan fingerprint density at radius 1 is 1.33 bits per heavy atom. The van der Waals surface area contributed by atoms with Crippen LogP contribution in [0, 0.1) is 11.8 Å². The number of cyclic esters (lactones) is 2. The van der Waals surface area contributed by atoms with Crippen molar-refractivity contribution in [3.05, 3.63) is 11.8 Å². The summed E-state index contributed by atoms with van der Waals surface area (Å²) in [5.41, 5.74) is 0. The Bertz CT molecular complexity index is 317. The largest absolute Gasteiger partial charge is 0.493 e. The molecule has 62 valence electrons. The molecule has 12 heavy (non-hydrogen) atoms. The molecule has 2 fully saturated rings. The van der Waals surface area contributed by atoms with Crippen LogP contribution in [0.5, 0.6) is 0 Å². The summed E-state index contributed by atoms with van der Waals surface area (Å²) in [7, 11) is 0. The third-order valence-corrected chi connectivity index (χ3v) is 2.63. The van der Waals surface area contributed by atoms with E-state index in [1.807, 2.05) is 6.08 Å². The van der Waals surface area contributed by atoms with Crippen molar-refractivity contribution in [2.45, 2.75) is 12.5 Å². The van der Waals surface area contributed by atoms with Crippen LogP contribution in [0.2, 0.25) is 0 Å². The Kier molecular flexibility index (Phi) is 0.885. The zero-order valence-electron chi connectivity index (χ0n) is 6.15. The molecule has 0 spiro atoms. The van der Waals surface area contributed by atoms with Gasteiger partial charge in [-0.2, -0.15) is 0 Å². The normalized spacial score (nSPS) is 42.3. The van der Waals surface area contributed by atoms with E-state index >= 15 is 0 Å². The van der Waals surface area contributed by atoms with Crippen LogP contribution in [0.3, 0.4) is 0 Å². The van der Waals surface area contributed by atoms with Gasteiger partial charge in [0.25, 0.3) is 0 Å². The van der Waals surface area contributed by atoms with Crippen LogP contribution in [0.25, 0.3) is 0 Å².